The summed E-state index contributed by atoms with van der Waals surface area (Å²) in [5, 5.41) is 9.03. The molecule has 0 spiro atoms. The molecule has 0 rings (SSSR count). The van der Waals surface area contributed by atoms with E-state index >= 15 is 0 Å². The van der Waals surface area contributed by atoms with E-state index in [0.717, 1.165) is 44.9 Å². The van der Waals surface area contributed by atoms with Gasteiger partial charge in [0.25, 0.3) is 0 Å². The van der Waals surface area contributed by atoms with E-state index < -0.39 is 21.5 Å². The Morgan fingerprint density at radius 2 is 1.26 bits per heavy atom. The van der Waals surface area contributed by atoms with Crippen LogP contribution in [-0.4, -0.2) is 29.4 Å². The molecule has 0 aliphatic carbocycles. The summed E-state index contributed by atoms with van der Waals surface area (Å²) < 4.78 is 34.0. The monoisotopic (exact) mass is 358 g/mol. The van der Waals surface area contributed by atoms with Gasteiger partial charge < -0.3 is 9.66 Å². The van der Waals surface area contributed by atoms with E-state index in [1.807, 2.05) is 0 Å². The second kappa shape index (κ2) is 16.3. The Bertz CT molecular complexity index is 347. The third-order valence-electron chi connectivity index (χ3n) is 4.21. The minimum Gasteiger partial charge on any atom is -0.748 e. The molecule has 0 aromatic heterocycles. The van der Waals surface area contributed by atoms with Crippen LogP contribution in [0.1, 0.15) is 97.3 Å². The molecule has 0 amide bonds. The number of unbranched alkanes of at least 4 members (excludes halogenated alkanes) is 8. The predicted octanol–water partition coefficient (Wildman–Crippen LogP) is 1.38. The first kappa shape index (κ1) is 26.1. The Morgan fingerprint density at radius 3 is 1.78 bits per heavy atom. The number of aliphatic hydroxyl groups is 1. The fraction of sp³-hybridized carbons (Fsp3) is 1.00. The quantitative estimate of drug-likeness (QED) is 0.272. The molecule has 0 aromatic carbocycles. The van der Waals surface area contributed by atoms with Crippen molar-refractivity contribution < 1.29 is 47.6 Å². The van der Waals surface area contributed by atoms with Crippen LogP contribution in [0.15, 0.2) is 0 Å². The summed E-state index contributed by atoms with van der Waals surface area (Å²) >= 11 is 0. The zero-order chi connectivity index (χ0) is 16.8. The zero-order valence-corrected chi connectivity index (χ0v) is 18.2. The Kier molecular flexibility index (Phi) is 18.5. The summed E-state index contributed by atoms with van der Waals surface area (Å²) in [7, 11) is -4.30. The van der Waals surface area contributed by atoms with E-state index in [1.54, 1.807) is 0 Å². The van der Waals surface area contributed by atoms with Gasteiger partial charge in [0.05, 0.1) is 21.5 Å². The normalized spacial score (nSPS) is 14.3. The van der Waals surface area contributed by atoms with Gasteiger partial charge in [-0.25, -0.2) is 8.42 Å². The maximum atomic E-state index is 11.3. The van der Waals surface area contributed by atoms with E-state index in [9.17, 15) is 18.1 Å². The number of hydrogen-bond acceptors (Lipinski definition) is 4. The van der Waals surface area contributed by atoms with Crippen LogP contribution >= 0.6 is 0 Å². The standard InChI is InChI=1S/C17H36O4S.Na/c1-3-5-7-9-10-12-14-17(22(19,20)21)15-16(18)13-11-8-6-4-2;/h16-18H,3-15H2,1-2H3,(H,19,20,21);/q;+1/p-1. The van der Waals surface area contributed by atoms with Crippen LogP contribution in [0.25, 0.3) is 0 Å². The number of rotatable bonds is 15. The third kappa shape index (κ3) is 16.1. The van der Waals surface area contributed by atoms with Crippen molar-refractivity contribution in [1.82, 2.24) is 0 Å². The van der Waals surface area contributed by atoms with Gasteiger partial charge in [0, 0.05) is 0 Å². The summed E-state index contributed by atoms with van der Waals surface area (Å²) in [4.78, 5) is 0. The van der Waals surface area contributed by atoms with Gasteiger partial charge in [0.15, 0.2) is 0 Å². The Balaban J connectivity index is 0. The molecule has 6 heteroatoms. The van der Waals surface area contributed by atoms with Crippen LogP contribution in [0.4, 0.5) is 0 Å². The van der Waals surface area contributed by atoms with Crippen molar-refractivity contribution in [2.45, 2.75) is 109 Å². The molecule has 0 aromatic rings. The van der Waals surface area contributed by atoms with Gasteiger partial charge in [-0.15, -0.1) is 0 Å². The predicted molar refractivity (Wildman–Crippen MR) is 90.9 cm³/mol. The molecule has 0 aliphatic heterocycles. The Labute approximate surface area is 165 Å². The summed E-state index contributed by atoms with van der Waals surface area (Å²) in [5.41, 5.74) is 0. The van der Waals surface area contributed by atoms with Crippen LogP contribution in [0.3, 0.4) is 0 Å². The zero-order valence-electron chi connectivity index (χ0n) is 15.4. The minimum atomic E-state index is -4.30. The van der Waals surface area contributed by atoms with Crippen LogP contribution in [0.2, 0.25) is 0 Å². The average molecular weight is 359 g/mol. The van der Waals surface area contributed by atoms with E-state index in [1.165, 1.54) is 19.3 Å². The fourth-order valence-corrected chi connectivity index (χ4v) is 3.67. The molecule has 134 valence electrons. The van der Waals surface area contributed by atoms with E-state index in [0.29, 0.717) is 12.8 Å². The summed E-state index contributed by atoms with van der Waals surface area (Å²) in [6.45, 7) is 4.28. The van der Waals surface area contributed by atoms with Gasteiger partial charge in [0.1, 0.15) is 0 Å². The van der Waals surface area contributed by atoms with Crippen molar-refractivity contribution >= 4 is 10.1 Å². The molecule has 0 bridgehead atoms. The summed E-state index contributed by atoms with van der Waals surface area (Å²) in [6, 6.07) is 0. The van der Waals surface area contributed by atoms with Crippen molar-refractivity contribution in [2.75, 3.05) is 0 Å². The maximum absolute atomic E-state index is 11.3. The Morgan fingerprint density at radius 1 is 0.826 bits per heavy atom. The molecule has 0 fully saturated rings. The molecule has 1 N–H and O–H groups in total. The molecule has 0 saturated carbocycles. The van der Waals surface area contributed by atoms with Crippen molar-refractivity contribution in [3.63, 3.8) is 0 Å². The second-order valence-corrected chi connectivity index (χ2v) is 8.06. The van der Waals surface area contributed by atoms with E-state index in [4.69, 9.17) is 0 Å². The summed E-state index contributed by atoms with van der Waals surface area (Å²) in [5.74, 6) is 0. The molecule has 0 radical (unpaired) electrons. The topological polar surface area (TPSA) is 77.4 Å². The van der Waals surface area contributed by atoms with Crippen molar-refractivity contribution in [3.8, 4) is 0 Å². The first-order valence-electron chi connectivity index (χ1n) is 9.04. The molecule has 23 heavy (non-hydrogen) atoms. The van der Waals surface area contributed by atoms with Gasteiger partial charge in [-0.05, 0) is 19.3 Å². The van der Waals surface area contributed by atoms with Crippen LogP contribution in [0.5, 0.6) is 0 Å². The molecular weight excluding hydrogens is 323 g/mol. The number of aliphatic hydroxyl groups excluding tert-OH is 1. The number of hydrogen-bond donors (Lipinski definition) is 1. The van der Waals surface area contributed by atoms with Crippen LogP contribution in [-0.2, 0) is 10.1 Å². The smallest absolute Gasteiger partial charge is 0.748 e. The molecule has 4 nitrogen and oxygen atoms in total. The fourth-order valence-electron chi connectivity index (χ4n) is 2.76. The second-order valence-electron chi connectivity index (χ2n) is 6.41. The first-order chi connectivity index (χ1) is 10.4. The minimum absolute atomic E-state index is 0. The maximum Gasteiger partial charge on any atom is 1.00 e. The largest absolute Gasteiger partial charge is 1.00 e. The van der Waals surface area contributed by atoms with Gasteiger partial charge in [-0.3, -0.25) is 0 Å². The Hall–Kier alpha value is 0.870. The van der Waals surface area contributed by atoms with Crippen molar-refractivity contribution in [1.29, 1.82) is 0 Å². The third-order valence-corrected chi connectivity index (χ3v) is 5.46. The van der Waals surface area contributed by atoms with E-state index in [2.05, 4.69) is 13.8 Å². The van der Waals surface area contributed by atoms with Gasteiger partial charge in [-0.1, -0.05) is 78.1 Å². The molecule has 0 aliphatic rings. The average Bonchev–Trinajstić information content (AvgIpc) is 2.45. The molecule has 2 unspecified atom stereocenters. The molecule has 2 atom stereocenters. The van der Waals surface area contributed by atoms with Crippen LogP contribution in [0, 0.1) is 0 Å². The van der Waals surface area contributed by atoms with Gasteiger partial charge in [0.2, 0.25) is 0 Å². The first-order valence-corrected chi connectivity index (χ1v) is 10.5. The van der Waals surface area contributed by atoms with Crippen LogP contribution < -0.4 is 29.6 Å². The molecule has 0 saturated heterocycles. The summed E-state index contributed by atoms with van der Waals surface area (Å²) in [6.07, 6.45) is 11.0. The van der Waals surface area contributed by atoms with Crippen molar-refractivity contribution in [3.05, 3.63) is 0 Å². The van der Waals surface area contributed by atoms with Crippen molar-refractivity contribution in [2.24, 2.45) is 0 Å². The SMILES string of the molecule is CCCCCCCCC(CC(O)CCCCCC)S(=O)(=O)[O-].[Na+]. The van der Waals surface area contributed by atoms with Gasteiger partial charge in [-0.2, -0.15) is 0 Å². The molecule has 0 heterocycles. The molecular formula is C17H35NaO4S. The van der Waals surface area contributed by atoms with Gasteiger partial charge >= 0.3 is 29.6 Å². The van der Waals surface area contributed by atoms with E-state index in [-0.39, 0.29) is 36.0 Å².